The first-order chi connectivity index (χ1) is 10.1. The highest BCUT2D eigenvalue weighted by molar-refractivity contribution is 9.10. The molecule has 0 saturated carbocycles. The maximum Gasteiger partial charge on any atom is 0.129 e. The Morgan fingerprint density at radius 1 is 1.10 bits per heavy atom. The lowest BCUT2D eigenvalue weighted by molar-refractivity contribution is 0.782. The number of aromatic nitrogens is 2. The van der Waals surface area contributed by atoms with Crippen LogP contribution in [0.15, 0.2) is 53.0 Å². The number of benzene rings is 2. The molecule has 0 aliphatic rings. The highest BCUT2D eigenvalue weighted by atomic mass is 79.9. The largest absolute Gasteiger partial charge is 0.383 e. The lowest BCUT2D eigenvalue weighted by Gasteiger charge is -2.07. The van der Waals surface area contributed by atoms with E-state index in [4.69, 9.17) is 5.73 Å². The molecule has 4 heteroatoms. The van der Waals surface area contributed by atoms with E-state index in [-0.39, 0.29) is 0 Å². The third-order valence-corrected chi connectivity index (χ3v) is 4.19. The Hall–Kier alpha value is -2.07. The molecule has 3 nitrogen and oxygen atoms in total. The zero-order valence-corrected chi connectivity index (χ0v) is 13.6. The molecule has 0 bridgehead atoms. The number of halogens is 1. The SMILES string of the molecule is Cc1ccc(-c2nn(C)c(N)c2-c2ccccc2)c(Br)c1. The van der Waals surface area contributed by atoms with Crippen molar-refractivity contribution >= 4 is 21.7 Å². The number of rotatable bonds is 2. The molecule has 0 saturated heterocycles. The zero-order valence-electron chi connectivity index (χ0n) is 12.0. The normalized spacial score (nSPS) is 10.8. The number of hydrogen-bond acceptors (Lipinski definition) is 2. The van der Waals surface area contributed by atoms with E-state index in [1.54, 1.807) is 4.68 Å². The molecule has 0 unspecified atom stereocenters. The van der Waals surface area contributed by atoms with Crippen molar-refractivity contribution in [2.24, 2.45) is 7.05 Å². The van der Waals surface area contributed by atoms with Crippen LogP contribution in [0.2, 0.25) is 0 Å². The van der Waals surface area contributed by atoms with Gasteiger partial charge in [0.15, 0.2) is 0 Å². The first-order valence-electron chi connectivity index (χ1n) is 6.72. The second-order valence-corrected chi connectivity index (χ2v) is 5.94. The summed E-state index contributed by atoms with van der Waals surface area (Å²) < 4.78 is 2.75. The van der Waals surface area contributed by atoms with Crippen LogP contribution in [0.5, 0.6) is 0 Å². The number of nitrogens with two attached hydrogens (primary N) is 1. The van der Waals surface area contributed by atoms with Crippen molar-refractivity contribution in [3.63, 3.8) is 0 Å². The summed E-state index contributed by atoms with van der Waals surface area (Å²) in [5.74, 6) is 0.670. The summed E-state index contributed by atoms with van der Waals surface area (Å²) in [5.41, 5.74) is 11.4. The minimum absolute atomic E-state index is 0.670. The first-order valence-corrected chi connectivity index (χ1v) is 7.51. The van der Waals surface area contributed by atoms with Crippen LogP contribution in [-0.4, -0.2) is 9.78 Å². The molecule has 0 radical (unpaired) electrons. The molecule has 0 aliphatic heterocycles. The van der Waals surface area contributed by atoms with E-state index in [1.807, 2.05) is 25.2 Å². The first kappa shape index (κ1) is 13.9. The fraction of sp³-hybridized carbons (Fsp3) is 0.118. The molecular weight excluding hydrogens is 326 g/mol. The van der Waals surface area contributed by atoms with Crippen molar-refractivity contribution in [1.82, 2.24) is 9.78 Å². The van der Waals surface area contributed by atoms with Gasteiger partial charge in [0, 0.05) is 17.1 Å². The van der Waals surface area contributed by atoms with Crippen molar-refractivity contribution in [3.05, 3.63) is 58.6 Å². The van der Waals surface area contributed by atoms with Gasteiger partial charge in [0.25, 0.3) is 0 Å². The Morgan fingerprint density at radius 3 is 2.48 bits per heavy atom. The number of hydrogen-bond donors (Lipinski definition) is 1. The minimum Gasteiger partial charge on any atom is -0.383 e. The van der Waals surface area contributed by atoms with Gasteiger partial charge in [0.1, 0.15) is 11.5 Å². The maximum absolute atomic E-state index is 6.24. The average Bonchev–Trinajstić information content (AvgIpc) is 2.75. The summed E-state index contributed by atoms with van der Waals surface area (Å²) >= 11 is 3.63. The van der Waals surface area contributed by atoms with Crippen LogP contribution in [0.3, 0.4) is 0 Å². The van der Waals surface area contributed by atoms with E-state index in [2.05, 4.69) is 58.3 Å². The van der Waals surface area contributed by atoms with E-state index in [0.29, 0.717) is 5.82 Å². The zero-order chi connectivity index (χ0) is 15.0. The topological polar surface area (TPSA) is 43.8 Å². The molecule has 0 spiro atoms. The molecule has 0 amide bonds. The van der Waals surface area contributed by atoms with E-state index in [0.717, 1.165) is 26.9 Å². The Balaban J connectivity index is 2.27. The van der Waals surface area contributed by atoms with Gasteiger partial charge >= 0.3 is 0 Å². The predicted octanol–water partition coefficient (Wildman–Crippen LogP) is 4.41. The molecule has 3 rings (SSSR count). The van der Waals surface area contributed by atoms with Crippen molar-refractivity contribution in [3.8, 4) is 22.4 Å². The van der Waals surface area contributed by atoms with Gasteiger partial charge in [0.05, 0.1) is 5.56 Å². The lowest BCUT2D eigenvalue weighted by Crippen LogP contribution is -1.97. The van der Waals surface area contributed by atoms with E-state index >= 15 is 0 Å². The summed E-state index contributed by atoms with van der Waals surface area (Å²) in [4.78, 5) is 0. The van der Waals surface area contributed by atoms with Gasteiger partial charge in [-0.25, -0.2) is 0 Å². The lowest BCUT2D eigenvalue weighted by atomic mass is 10.0. The fourth-order valence-corrected chi connectivity index (χ4v) is 3.11. The number of nitrogen functional groups attached to an aromatic ring is 1. The average molecular weight is 342 g/mol. The van der Waals surface area contributed by atoms with Crippen LogP contribution in [-0.2, 0) is 7.05 Å². The van der Waals surface area contributed by atoms with E-state index < -0.39 is 0 Å². The summed E-state index contributed by atoms with van der Waals surface area (Å²) in [7, 11) is 1.87. The Labute approximate surface area is 132 Å². The summed E-state index contributed by atoms with van der Waals surface area (Å²) in [5, 5.41) is 4.61. The smallest absolute Gasteiger partial charge is 0.129 e. The predicted molar refractivity (Wildman–Crippen MR) is 90.9 cm³/mol. The van der Waals surface area contributed by atoms with Gasteiger partial charge < -0.3 is 5.73 Å². The van der Waals surface area contributed by atoms with Gasteiger partial charge in [-0.3, -0.25) is 4.68 Å². The molecule has 0 aliphatic carbocycles. The molecule has 0 atom stereocenters. The van der Waals surface area contributed by atoms with Crippen LogP contribution in [0.4, 0.5) is 5.82 Å². The number of aryl methyl sites for hydroxylation is 2. The Morgan fingerprint density at radius 2 is 1.81 bits per heavy atom. The highest BCUT2D eigenvalue weighted by Gasteiger charge is 2.18. The monoisotopic (exact) mass is 341 g/mol. The number of anilines is 1. The van der Waals surface area contributed by atoms with Gasteiger partial charge in [0.2, 0.25) is 0 Å². The molecule has 1 heterocycles. The van der Waals surface area contributed by atoms with Crippen molar-refractivity contribution < 1.29 is 0 Å². The van der Waals surface area contributed by atoms with Crippen molar-refractivity contribution in [1.29, 1.82) is 0 Å². The molecule has 1 aromatic heterocycles. The van der Waals surface area contributed by atoms with Crippen LogP contribution in [0.1, 0.15) is 5.56 Å². The Kier molecular flexibility index (Phi) is 3.55. The molecule has 21 heavy (non-hydrogen) atoms. The van der Waals surface area contributed by atoms with E-state index in [1.165, 1.54) is 5.56 Å². The van der Waals surface area contributed by atoms with Gasteiger partial charge in [-0.05, 0) is 24.1 Å². The third-order valence-electron chi connectivity index (χ3n) is 3.53. The second kappa shape index (κ2) is 5.37. The maximum atomic E-state index is 6.24. The molecular formula is C17H16BrN3. The minimum atomic E-state index is 0.670. The fourth-order valence-electron chi connectivity index (χ4n) is 2.43. The standard InChI is InChI=1S/C17H16BrN3/c1-11-8-9-13(14(18)10-11)16-15(17(19)21(2)20-16)12-6-4-3-5-7-12/h3-10H,19H2,1-2H3. The van der Waals surface area contributed by atoms with E-state index in [9.17, 15) is 0 Å². The second-order valence-electron chi connectivity index (χ2n) is 5.08. The summed E-state index contributed by atoms with van der Waals surface area (Å²) in [6.07, 6.45) is 0. The van der Waals surface area contributed by atoms with Gasteiger partial charge in [-0.1, -0.05) is 58.4 Å². The van der Waals surface area contributed by atoms with Crippen LogP contribution < -0.4 is 5.73 Å². The summed E-state index contributed by atoms with van der Waals surface area (Å²) in [6, 6.07) is 16.4. The quantitative estimate of drug-likeness (QED) is 0.750. The highest BCUT2D eigenvalue weighted by Crippen LogP contribution is 2.38. The third kappa shape index (κ3) is 2.47. The van der Waals surface area contributed by atoms with Gasteiger partial charge in [-0.2, -0.15) is 5.10 Å². The molecule has 2 N–H and O–H groups in total. The van der Waals surface area contributed by atoms with Crippen LogP contribution >= 0.6 is 15.9 Å². The van der Waals surface area contributed by atoms with Crippen LogP contribution in [0, 0.1) is 6.92 Å². The molecule has 106 valence electrons. The molecule has 3 aromatic rings. The number of nitrogens with zero attached hydrogens (tertiary/aromatic N) is 2. The Bertz CT molecular complexity index is 791. The van der Waals surface area contributed by atoms with Crippen molar-refractivity contribution in [2.75, 3.05) is 5.73 Å². The molecule has 0 fully saturated rings. The van der Waals surface area contributed by atoms with Gasteiger partial charge in [-0.15, -0.1) is 0 Å². The van der Waals surface area contributed by atoms with Crippen LogP contribution in [0.25, 0.3) is 22.4 Å². The van der Waals surface area contributed by atoms with Crippen molar-refractivity contribution in [2.45, 2.75) is 6.92 Å². The molecule has 2 aromatic carbocycles. The summed E-state index contributed by atoms with van der Waals surface area (Å²) in [6.45, 7) is 2.07.